The maximum atomic E-state index is 13.9. The smallest absolute Gasteiger partial charge is 0.128 e. The number of rotatable bonds is 1. The summed E-state index contributed by atoms with van der Waals surface area (Å²) in [7, 11) is 1.88. The van der Waals surface area contributed by atoms with Gasteiger partial charge in [0.1, 0.15) is 5.82 Å². The molecule has 1 N–H and O–H groups in total. The Hall–Kier alpha value is -0.250. The Labute approximate surface area is 105 Å². The van der Waals surface area contributed by atoms with Gasteiger partial charge in [-0.2, -0.15) is 11.8 Å². The van der Waals surface area contributed by atoms with Gasteiger partial charge in [0.15, 0.2) is 0 Å². The van der Waals surface area contributed by atoms with Crippen molar-refractivity contribution in [2.24, 2.45) is 5.92 Å². The number of benzene rings is 1. The quantitative estimate of drug-likeness (QED) is 0.827. The van der Waals surface area contributed by atoms with Crippen LogP contribution in [0.5, 0.6) is 0 Å². The van der Waals surface area contributed by atoms with E-state index in [1.807, 2.05) is 18.8 Å². The number of halogens is 2. The van der Waals surface area contributed by atoms with Crippen molar-refractivity contribution < 1.29 is 4.39 Å². The van der Waals surface area contributed by atoms with Crippen molar-refractivity contribution in [2.45, 2.75) is 18.7 Å². The van der Waals surface area contributed by atoms with Crippen molar-refractivity contribution in [3.05, 3.63) is 34.1 Å². The minimum absolute atomic E-state index is 0.0590. The van der Waals surface area contributed by atoms with Crippen LogP contribution >= 0.6 is 23.4 Å². The number of hydrogen-bond donors (Lipinski definition) is 1. The molecule has 0 bridgehead atoms. The van der Waals surface area contributed by atoms with Crippen molar-refractivity contribution in [3.63, 3.8) is 0 Å². The van der Waals surface area contributed by atoms with Crippen LogP contribution in [0.2, 0.25) is 5.02 Å². The molecule has 0 aliphatic carbocycles. The van der Waals surface area contributed by atoms with Crippen molar-refractivity contribution in [2.75, 3.05) is 12.8 Å². The Morgan fingerprint density at radius 3 is 2.94 bits per heavy atom. The van der Waals surface area contributed by atoms with Gasteiger partial charge < -0.3 is 5.32 Å². The Morgan fingerprint density at radius 2 is 2.25 bits per heavy atom. The van der Waals surface area contributed by atoms with Gasteiger partial charge in [0.05, 0.1) is 0 Å². The Morgan fingerprint density at radius 1 is 1.50 bits per heavy atom. The standard InChI is InChI=1S/C12H15ClFNS/c1-7-5-16-6-8-9(13)3-4-10(14)11(8)12(7)15-2/h3-4,7,12,15H,5-6H2,1-2H3. The van der Waals surface area contributed by atoms with E-state index in [4.69, 9.17) is 11.6 Å². The number of nitrogens with one attached hydrogen (secondary N) is 1. The van der Waals surface area contributed by atoms with E-state index in [0.717, 1.165) is 22.6 Å². The highest BCUT2D eigenvalue weighted by atomic mass is 35.5. The van der Waals surface area contributed by atoms with E-state index in [1.54, 1.807) is 6.07 Å². The molecule has 0 saturated heterocycles. The van der Waals surface area contributed by atoms with Crippen LogP contribution in [-0.2, 0) is 5.75 Å². The fourth-order valence-corrected chi connectivity index (χ4v) is 3.76. The van der Waals surface area contributed by atoms with Gasteiger partial charge in [-0.3, -0.25) is 0 Å². The molecule has 4 heteroatoms. The maximum Gasteiger partial charge on any atom is 0.128 e. The first kappa shape index (κ1) is 12.2. The average molecular weight is 260 g/mol. The molecule has 1 aromatic rings. The molecule has 0 radical (unpaired) electrons. The van der Waals surface area contributed by atoms with Gasteiger partial charge in [0.2, 0.25) is 0 Å². The second-order valence-electron chi connectivity index (χ2n) is 4.18. The lowest BCUT2D eigenvalue weighted by atomic mass is 9.92. The first-order chi connectivity index (χ1) is 7.65. The molecule has 1 heterocycles. The highest BCUT2D eigenvalue weighted by molar-refractivity contribution is 7.98. The van der Waals surface area contributed by atoms with Crippen LogP contribution in [0.1, 0.15) is 24.1 Å². The first-order valence-electron chi connectivity index (χ1n) is 5.37. The summed E-state index contributed by atoms with van der Waals surface area (Å²) in [6.45, 7) is 2.14. The molecule has 1 nitrogen and oxygen atoms in total. The monoisotopic (exact) mass is 259 g/mol. The summed E-state index contributed by atoms with van der Waals surface area (Å²) < 4.78 is 13.9. The third-order valence-electron chi connectivity index (χ3n) is 3.06. The lowest BCUT2D eigenvalue weighted by Crippen LogP contribution is -2.25. The molecule has 1 aliphatic heterocycles. The van der Waals surface area contributed by atoms with E-state index in [2.05, 4.69) is 12.2 Å². The predicted octanol–water partition coefficient (Wildman–Crippen LogP) is 3.62. The molecule has 0 aromatic heterocycles. The van der Waals surface area contributed by atoms with Crippen LogP contribution < -0.4 is 5.32 Å². The molecule has 2 unspecified atom stereocenters. The Kier molecular flexibility index (Phi) is 3.77. The summed E-state index contributed by atoms with van der Waals surface area (Å²) in [5.74, 6) is 2.09. The molecule has 0 spiro atoms. The van der Waals surface area contributed by atoms with E-state index >= 15 is 0 Å². The van der Waals surface area contributed by atoms with Crippen molar-refractivity contribution >= 4 is 23.4 Å². The third kappa shape index (κ3) is 2.08. The zero-order chi connectivity index (χ0) is 11.7. The summed E-state index contributed by atoms with van der Waals surface area (Å²) in [6.07, 6.45) is 0. The summed E-state index contributed by atoms with van der Waals surface area (Å²) in [4.78, 5) is 0. The zero-order valence-corrected chi connectivity index (χ0v) is 11.0. The molecule has 0 amide bonds. The molecule has 2 atom stereocenters. The predicted molar refractivity (Wildman–Crippen MR) is 68.5 cm³/mol. The normalized spacial score (nSPS) is 25.0. The van der Waals surface area contributed by atoms with E-state index in [-0.39, 0.29) is 11.9 Å². The number of thioether (sulfide) groups is 1. The van der Waals surface area contributed by atoms with Gasteiger partial charge in [-0.05, 0) is 36.4 Å². The van der Waals surface area contributed by atoms with Crippen molar-refractivity contribution in [1.82, 2.24) is 5.32 Å². The Bertz CT molecular complexity index is 397. The summed E-state index contributed by atoms with van der Waals surface area (Å²) in [5, 5.41) is 3.88. The summed E-state index contributed by atoms with van der Waals surface area (Å²) in [6, 6.07) is 3.18. The average Bonchev–Trinajstić information content (AvgIpc) is 2.43. The van der Waals surface area contributed by atoms with Crippen LogP contribution in [0, 0.1) is 11.7 Å². The summed E-state index contributed by atoms with van der Waals surface area (Å²) >= 11 is 7.97. The maximum absolute atomic E-state index is 13.9. The van der Waals surface area contributed by atoms with Gasteiger partial charge >= 0.3 is 0 Å². The van der Waals surface area contributed by atoms with Crippen LogP contribution in [0.15, 0.2) is 12.1 Å². The number of fused-ring (bicyclic) bond motifs is 1. The van der Waals surface area contributed by atoms with Crippen molar-refractivity contribution in [1.29, 1.82) is 0 Å². The fourth-order valence-electron chi connectivity index (χ4n) is 2.25. The Balaban J connectivity index is 2.57. The number of hydrogen-bond acceptors (Lipinski definition) is 2. The van der Waals surface area contributed by atoms with Gasteiger partial charge in [0.25, 0.3) is 0 Å². The summed E-state index contributed by atoms with van der Waals surface area (Å²) in [5.41, 5.74) is 1.71. The molecular weight excluding hydrogens is 245 g/mol. The molecule has 0 fully saturated rings. The van der Waals surface area contributed by atoms with Gasteiger partial charge in [-0.1, -0.05) is 18.5 Å². The third-order valence-corrected chi connectivity index (χ3v) is 4.67. The lowest BCUT2D eigenvalue weighted by molar-refractivity contribution is 0.430. The minimum atomic E-state index is -0.145. The second kappa shape index (κ2) is 4.94. The SMILES string of the molecule is CNC1c2c(F)ccc(Cl)c2CSCC1C. The van der Waals surface area contributed by atoms with Gasteiger partial charge in [0, 0.05) is 22.4 Å². The zero-order valence-electron chi connectivity index (χ0n) is 9.39. The highest BCUT2D eigenvalue weighted by Crippen LogP contribution is 2.38. The topological polar surface area (TPSA) is 12.0 Å². The highest BCUT2D eigenvalue weighted by Gasteiger charge is 2.27. The van der Waals surface area contributed by atoms with Crippen molar-refractivity contribution in [3.8, 4) is 0 Å². The molecule has 0 saturated carbocycles. The lowest BCUT2D eigenvalue weighted by Gasteiger charge is -2.23. The largest absolute Gasteiger partial charge is 0.313 e. The van der Waals surface area contributed by atoms with Crippen LogP contribution in [0.4, 0.5) is 4.39 Å². The van der Waals surface area contributed by atoms with Gasteiger partial charge in [-0.25, -0.2) is 4.39 Å². The first-order valence-corrected chi connectivity index (χ1v) is 6.90. The fraction of sp³-hybridized carbons (Fsp3) is 0.500. The molecule has 88 valence electrons. The van der Waals surface area contributed by atoms with E-state index < -0.39 is 0 Å². The molecule has 16 heavy (non-hydrogen) atoms. The van der Waals surface area contributed by atoms with E-state index in [0.29, 0.717) is 10.9 Å². The van der Waals surface area contributed by atoms with Crippen LogP contribution in [0.3, 0.4) is 0 Å². The van der Waals surface area contributed by atoms with E-state index in [9.17, 15) is 4.39 Å². The molecule has 2 rings (SSSR count). The molecule has 1 aliphatic rings. The second-order valence-corrected chi connectivity index (χ2v) is 5.62. The van der Waals surface area contributed by atoms with Gasteiger partial charge in [-0.15, -0.1) is 0 Å². The van der Waals surface area contributed by atoms with E-state index in [1.165, 1.54) is 6.07 Å². The van der Waals surface area contributed by atoms with Crippen LogP contribution in [-0.4, -0.2) is 12.8 Å². The molecular formula is C12H15ClFNS. The minimum Gasteiger partial charge on any atom is -0.313 e. The molecule has 1 aromatic carbocycles. The van der Waals surface area contributed by atoms with Crippen LogP contribution in [0.25, 0.3) is 0 Å².